The molecule has 0 fully saturated rings. The molecule has 0 aliphatic rings. The Kier molecular flexibility index (Phi) is 6.47. The van der Waals surface area contributed by atoms with Gasteiger partial charge in [-0.1, -0.05) is 12.0 Å². The van der Waals surface area contributed by atoms with E-state index in [9.17, 15) is 8.96 Å². The number of rotatable bonds is 7. The molecule has 1 unspecified atom stereocenters. The first-order chi connectivity index (χ1) is 6.18. The van der Waals surface area contributed by atoms with Gasteiger partial charge in [-0.25, -0.2) is 8.96 Å². The van der Waals surface area contributed by atoms with E-state index in [1.807, 2.05) is 0 Å². The van der Waals surface area contributed by atoms with Crippen LogP contribution in [0.5, 0.6) is 0 Å². The van der Waals surface area contributed by atoms with Crippen LogP contribution in [-0.4, -0.2) is 20.1 Å². The second-order valence-electron chi connectivity index (χ2n) is 1.75. The van der Waals surface area contributed by atoms with Crippen molar-refractivity contribution in [2.75, 3.05) is 20.1 Å². The van der Waals surface area contributed by atoms with Crippen LogP contribution in [-0.2, 0) is 18.1 Å². The Balaban J connectivity index is 4.09. The highest BCUT2D eigenvalue weighted by Gasteiger charge is 2.25. The predicted octanol–water partition coefficient (Wildman–Crippen LogP) is 1.89. The highest BCUT2D eigenvalue weighted by atomic mass is 31.2. The summed E-state index contributed by atoms with van der Waals surface area (Å²) < 4.78 is 36.2. The fraction of sp³-hybridized carbons (Fsp3) is 0.429. The van der Waals surface area contributed by atoms with Crippen LogP contribution in [0, 0.1) is 12.3 Å². The van der Waals surface area contributed by atoms with Crippen LogP contribution in [0.2, 0.25) is 0 Å². The Morgan fingerprint density at radius 1 is 1.54 bits per heavy atom. The molecule has 4 nitrogen and oxygen atoms in total. The zero-order valence-electron chi connectivity index (χ0n) is 6.94. The number of alkyl halides is 1. The summed E-state index contributed by atoms with van der Waals surface area (Å²) in [6.07, 6.45) is 6.17. The van der Waals surface area contributed by atoms with Crippen molar-refractivity contribution in [2.45, 2.75) is 0 Å². The molecule has 74 valence electrons. The molecule has 13 heavy (non-hydrogen) atoms. The highest BCUT2D eigenvalue weighted by Crippen LogP contribution is 2.49. The van der Waals surface area contributed by atoms with Crippen molar-refractivity contribution in [3.8, 4) is 12.3 Å². The summed E-state index contributed by atoms with van der Waals surface area (Å²) in [7, 11) is -3.84. The van der Waals surface area contributed by atoms with Gasteiger partial charge in [-0.3, -0.25) is 13.6 Å². The largest absolute Gasteiger partial charge is 0.478 e. The fourth-order valence-corrected chi connectivity index (χ4v) is 1.30. The number of hydrogen-bond donors (Lipinski definition) is 0. The average molecular weight is 208 g/mol. The van der Waals surface area contributed by atoms with Crippen LogP contribution in [0.1, 0.15) is 0 Å². The maximum absolute atomic E-state index is 11.7. The Morgan fingerprint density at radius 3 is 2.69 bits per heavy atom. The summed E-state index contributed by atoms with van der Waals surface area (Å²) in [5.41, 5.74) is 0. The molecule has 0 radical (unpaired) electrons. The molecule has 0 aromatic rings. The molecule has 0 spiro atoms. The molecule has 0 saturated heterocycles. The Bertz CT molecular complexity index is 235. The fourth-order valence-electron chi connectivity index (χ4n) is 0.432. The minimum Gasteiger partial charge on any atom is -0.283 e. The summed E-state index contributed by atoms with van der Waals surface area (Å²) >= 11 is 0. The van der Waals surface area contributed by atoms with Crippen LogP contribution in [0.15, 0.2) is 12.7 Å². The lowest BCUT2D eigenvalue weighted by Gasteiger charge is -2.13. The maximum Gasteiger partial charge on any atom is 0.478 e. The number of phosphoric ester groups is 1. The van der Waals surface area contributed by atoms with Crippen LogP contribution in [0.4, 0.5) is 4.39 Å². The van der Waals surface area contributed by atoms with Gasteiger partial charge >= 0.3 is 7.82 Å². The van der Waals surface area contributed by atoms with Gasteiger partial charge < -0.3 is 0 Å². The minimum absolute atomic E-state index is 0.0676. The van der Waals surface area contributed by atoms with Crippen molar-refractivity contribution in [1.82, 2.24) is 0 Å². The first-order valence-corrected chi connectivity index (χ1v) is 4.78. The van der Waals surface area contributed by atoms with Gasteiger partial charge in [0, 0.05) is 0 Å². The van der Waals surface area contributed by atoms with Gasteiger partial charge in [0.15, 0.2) is 6.86 Å². The molecule has 6 heteroatoms. The SMILES string of the molecule is C#CCOP(=O)(OCF)OCC=C. The summed E-state index contributed by atoms with van der Waals surface area (Å²) in [5.74, 6) is 2.06. The van der Waals surface area contributed by atoms with E-state index in [1.165, 1.54) is 6.08 Å². The van der Waals surface area contributed by atoms with Crippen molar-refractivity contribution in [3.63, 3.8) is 0 Å². The third kappa shape index (κ3) is 5.56. The van der Waals surface area contributed by atoms with E-state index in [2.05, 4.69) is 26.1 Å². The molecule has 0 bridgehead atoms. The van der Waals surface area contributed by atoms with Gasteiger partial charge in [-0.2, -0.15) is 0 Å². The Hall–Kier alpha value is -0.660. The minimum atomic E-state index is -3.84. The first kappa shape index (κ1) is 12.3. The van der Waals surface area contributed by atoms with Crippen LogP contribution >= 0.6 is 7.82 Å². The highest BCUT2D eigenvalue weighted by molar-refractivity contribution is 7.48. The van der Waals surface area contributed by atoms with Gasteiger partial charge in [-0.05, 0) is 0 Å². The number of terminal acetylenes is 1. The predicted molar refractivity (Wildman–Crippen MR) is 45.6 cm³/mol. The van der Waals surface area contributed by atoms with Gasteiger partial charge in [0.05, 0.1) is 6.61 Å². The van der Waals surface area contributed by atoms with Crippen molar-refractivity contribution in [1.29, 1.82) is 0 Å². The molecular weight excluding hydrogens is 198 g/mol. The van der Waals surface area contributed by atoms with E-state index in [1.54, 1.807) is 0 Å². The Labute approximate surface area is 76.3 Å². The zero-order valence-corrected chi connectivity index (χ0v) is 7.84. The molecule has 1 atom stereocenters. The lowest BCUT2D eigenvalue weighted by atomic mass is 10.7. The molecule has 0 saturated carbocycles. The van der Waals surface area contributed by atoms with E-state index in [0.717, 1.165) is 0 Å². The molecule has 0 aromatic carbocycles. The smallest absolute Gasteiger partial charge is 0.283 e. The molecule has 0 heterocycles. The second kappa shape index (κ2) is 6.81. The lowest BCUT2D eigenvalue weighted by molar-refractivity contribution is 0.0922. The van der Waals surface area contributed by atoms with E-state index in [4.69, 9.17) is 6.42 Å². The average Bonchev–Trinajstić information content (AvgIpc) is 2.12. The zero-order chi connectivity index (χ0) is 10.2. The van der Waals surface area contributed by atoms with E-state index in [0.29, 0.717) is 0 Å². The standard InChI is InChI=1S/C7H10FO4P/c1-3-5-10-13(9,12-7-8)11-6-4-2/h1,4H,2,5-7H2. The topological polar surface area (TPSA) is 44.8 Å². The second-order valence-corrected chi connectivity index (χ2v) is 3.42. The summed E-state index contributed by atoms with van der Waals surface area (Å²) in [6.45, 7) is 1.71. The third-order valence-electron chi connectivity index (χ3n) is 0.863. The Morgan fingerprint density at radius 2 is 2.23 bits per heavy atom. The monoisotopic (exact) mass is 208 g/mol. The first-order valence-electron chi connectivity index (χ1n) is 3.32. The van der Waals surface area contributed by atoms with Gasteiger partial charge in [0.1, 0.15) is 6.61 Å². The van der Waals surface area contributed by atoms with Crippen LogP contribution in [0.3, 0.4) is 0 Å². The normalized spacial score (nSPS) is 14.5. The molecule has 0 aliphatic heterocycles. The van der Waals surface area contributed by atoms with E-state index >= 15 is 0 Å². The molecule has 0 N–H and O–H groups in total. The molecule has 0 aliphatic carbocycles. The number of hydrogen-bond acceptors (Lipinski definition) is 4. The van der Waals surface area contributed by atoms with Crippen LogP contribution < -0.4 is 0 Å². The van der Waals surface area contributed by atoms with Crippen molar-refractivity contribution < 1.29 is 22.5 Å². The van der Waals surface area contributed by atoms with Gasteiger partial charge in [-0.15, -0.1) is 13.0 Å². The molecule has 0 rings (SSSR count). The molecule has 0 aromatic heterocycles. The van der Waals surface area contributed by atoms with Crippen molar-refractivity contribution in [3.05, 3.63) is 12.7 Å². The summed E-state index contributed by atoms with van der Waals surface area (Å²) in [5, 5.41) is 0. The summed E-state index contributed by atoms with van der Waals surface area (Å²) in [6, 6.07) is 0. The third-order valence-corrected chi connectivity index (χ3v) is 2.19. The molecular formula is C7H10FO4P. The van der Waals surface area contributed by atoms with Gasteiger partial charge in [0.2, 0.25) is 0 Å². The van der Waals surface area contributed by atoms with Crippen LogP contribution in [0.25, 0.3) is 0 Å². The molecule has 0 amide bonds. The van der Waals surface area contributed by atoms with Gasteiger partial charge in [0.25, 0.3) is 0 Å². The summed E-state index contributed by atoms with van der Waals surface area (Å²) in [4.78, 5) is 0. The number of halogens is 1. The lowest BCUT2D eigenvalue weighted by Crippen LogP contribution is -2.00. The van der Waals surface area contributed by atoms with Crippen molar-refractivity contribution >= 4 is 7.82 Å². The maximum atomic E-state index is 11.7. The number of phosphoric acid groups is 1. The quantitative estimate of drug-likeness (QED) is 0.364. The van der Waals surface area contributed by atoms with E-state index in [-0.39, 0.29) is 13.2 Å². The van der Waals surface area contributed by atoms with Crippen molar-refractivity contribution in [2.24, 2.45) is 0 Å². The van der Waals surface area contributed by atoms with E-state index < -0.39 is 14.7 Å².